The Labute approximate surface area is 170 Å². The molecule has 0 spiro atoms. The number of methoxy groups -OCH3 is 1. The van der Waals surface area contributed by atoms with E-state index in [1.807, 2.05) is 26.0 Å². The SMILES string of the molecule is COc1ccc(CN(C(=O)COc2ccccc2F)C(C)C(=O)NC(C)C)cc1. The molecule has 0 aliphatic carbocycles. The molecule has 0 saturated heterocycles. The molecule has 156 valence electrons. The Morgan fingerprint density at radius 3 is 2.31 bits per heavy atom. The molecule has 0 heterocycles. The van der Waals surface area contributed by atoms with Crippen LogP contribution in [-0.4, -0.2) is 42.5 Å². The van der Waals surface area contributed by atoms with E-state index in [0.717, 1.165) is 5.56 Å². The molecule has 1 atom stereocenters. The molecule has 2 aromatic carbocycles. The predicted octanol–water partition coefficient (Wildman–Crippen LogP) is 3.16. The third-order valence-electron chi connectivity index (χ3n) is 4.30. The number of benzene rings is 2. The number of rotatable bonds is 9. The molecule has 0 aliphatic heterocycles. The monoisotopic (exact) mass is 402 g/mol. The van der Waals surface area contributed by atoms with Gasteiger partial charge in [-0.1, -0.05) is 24.3 Å². The second kappa shape index (κ2) is 10.5. The average molecular weight is 402 g/mol. The number of para-hydroxylation sites is 1. The van der Waals surface area contributed by atoms with E-state index in [4.69, 9.17) is 9.47 Å². The number of hydrogen-bond acceptors (Lipinski definition) is 4. The van der Waals surface area contributed by atoms with E-state index in [9.17, 15) is 14.0 Å². The van der Waals surface area contributed by atoms with Crippen molar-refractivity contribution in [2.75, 3.05) is 13.7 Å². The van der Waals surface area contributed by atoms with Gasteiger partial charge < -0.3 is 19.7 Å². The maximum Gasteiger partial charge on any atom is 0.261 e. The van der Waals surface area contributed by atoms with Gasteiger partial charge in [-0.05, 0) is 50.6 Å². The van der Waals surface area contributed by atoms with Crippen LogP contribution in [0.2, 0.25) is 0 Å². The van der Waals surface area contributed by atoms with E-state index in [1.165, 1.54) is 17.0 Å². The van der Waals surface area contributed by atoms with Crippen molar-refractivity contribution in [2.45, 2.75) is 39.4 Å². The topological polar surface area (TPSA) is 67.9 Å². The lowest BCUT2D eigenvalue weighted by Crippen LogP contribution is -2.50. The van der Waals surface area contributed by atoms with Crippen molar-refractivity contribution in [3.8, 4) is 11.5 Å². The molecule has 0 bridgehead atoms. The lowest BCUT2D eigenvalue weighted by atomic mass is 10.1. The highest BCUT2D eigenvalue weighted by molar-refractivity contribution is 5.88. The molecule has 2 aromatic rings. The molecule has 29 heavy (non-hydrogen) atoms. The van der Waals surface area contributed by atoms with Gasteiger partial charge in [0.05, 0.1) is 7.11 Å². The van der Waals surface area contributed by atoms with Gasteiger partial charge in [-0.2, -0.15) is 0 Å². The highest BCUT2D eigenvalue weighted by Gasteiger charge is 2.27. The Balaban J connectivity index is 2.16. The number of amides is 2. The van der Waals surface area contributed by atoms with Crippen molar-refractivity contribution in [3.63, 3.8) is 0 Å². The maximum absolute atomic E-state index is 13.8. The van der Waals surface area contributed by atoms with Gasteiger partial charge in [-0.15, -0.1) is 0 Å². The molecular formula is C22H27FN2O4. The van der Waals surface area contributed by atoms with Crippen LogP contribution in [0.4, 0.5) is 4.39 Å². The zero-order chi connectivity index (χ0) is 21.4. The van der Waals surface area contributed by atoms with Crippen LogP contribution in [0.15, 0.2) is 48.5 Å². The van der Waals surface area contributed by atoms with E-state index in [0.29, 0.717) is 5.75 Å². The van der Waals surface area contributed by atoms with Gasteiger partial charge in [0.25, 0.3) is 5.91 Å². The smallest absolute Gasteiger partial charge is 0.261 e. The van der Waals surface area contributed by atoms with Crippen molar-refractivity contribution in [1.82, 2.24) is 10.2 Å². The summed E-state index contributed by atoms with van der Waals surface area (Å²) in [6.07, 6.45) is 0. The summed E-state index contributed by atoms with van der Waals surface area (Å²) < 4.78 is 24.3. The van der Waals surface area contributed by atoms with Crippen LogP contribution in [0.25, 0.3) is 0 Å². The molecular weight excluding hydrogens is 375 g/mol. The maximum atomic E-state index is 13.8. The Kier molecular flexibility index (Phi) is 8.00. The summed E-state index contributed by atoms with van der Waals surface area (Å²) >= 11 is 0. The minimum absolute atomic E-state index is 0.00969. The van der Waals surface area contributed by atoms with Gasteiger partial charge in [0, 0.05) is 12.6 Å². The Hall–Kier alpha value is -3.09. The summed E-state index contributed by atoms with van der Waals surface area (Å²) in [7, 11) is 1.57. The van der Waals surface area contributed by atoms with E-state index < -0.39 is 17.8 Å². The van der Waals surface area contributed by atoms with Gasteiger partial charge in [0.1, 0.15) is 11.8 Å². The Morgan fingerprint density at radius 2 is 1.72 bits per heavy atom. The Morgan fingerprint density at radius 1 is 1.07 bits per heavy atom. The third kappa shape index (κ3) is 6.48. The van der Waals surface area contributed by atoms with E-state index in [-0.39, 0.29) is 30.9 Å². The summed E-state index contributed by atoms with van der Waals surface area (Å²) in [6.45, 7) is 5.18. The van der Waals surface area contributed by atoms with Crippen LogP contribution in [0.3, 0.4) is 0 Å². The second-order valence-corrected chi connectivity index (χ2v) is 6.93. The van der Waals surface area contributed by atoms with Gasteiger partial charge in [-0.25, -0.2) is 4.39 Å². The molecule has 1 N–H and O–H groups in total. The van der Waals surface area contributed by atoms with E-state index in [2.05, 4.69) is 5.32 Å². The fourth-order valence-corrected chi connectivity index (χ4v) is 2.70. The highest BCUT2D eigenvalue weighted by atomic mass is 19.1. The molecule has 0 fully saturated rings. The number of carbonyl (C=O) groups excluding carboxylic acids is 2. The first-order valence-corrected chi connectivity index (χ1v) is 9.42. The normalized spacial score (nSPS) is 11.7. The van der Waals surface area contributed by atoms with Crippen molar-refractivity contribution < 1.29 is 23.5 Å². The molecule has 1 unspecified atom stereocenters. The van der Waals surface area contributed by atoms with E-state index in [1.54, 1.807) is 38.3 Å². The fraction of sp³-hybridized carbons (Fsp3) is 0.364. The summed E-state index contributed by atoms with van der Waals surface area (Å²) in [5, 5.41) is 2.81. The van der Waals surface area contributed by atoms with Crippen LogP contribution in [0, 0.1) is 5.82 Å². The first kappa shape index (κ1) is 22.2. The number of carbonyl (C=O) groups is 2. The largest absolute Gasteiger partial charge is 0.497 e. The molecule has 0 aliphatic rings. The number of halogens is 1. The van der Waals surface area contributed by atoms with Gasteiger partial charge in [0.2, 0.25) is 5.91 Å². The molecule has 0 radical (unpaired) electrons. The van der Waals surface area contributed by atoms with Gasteiger partial charge in [0.15, 0.2) is 18.2 Å². The molecule has 0 saturated carbocycles. The van der Waals surface area contributed by atoms with Crippen molar-refractivity contribution in [1.29, 1.82) is 0 Å². The molecule has 6 nitrogen and oxygen atoms in total. The highest BCUT2D eigenvalue weighted by Crippen LogP contribution is 2.17. The lowest BCUT2D eigenvalue weighted by molar-refractivity contribution is -0.142. The minimum atomic E-state index is -0.726. The minimum Gasteiger partial charge on any atom is -0.497 e. The van der Waals surface area contributed by atoms with Crippen molar-refractivity contribution in [2.24, 2.45) is 0 Å². The fourth-order valence-electron chi connectivity index (χ4n) is 2.70. The second-order valence-electron chi connectivity index (χ2n) is 6.93. The zero-order valence-corrected chi connectivity index (χ0v) is 17.1. The van der Waals surface area contributed by atoms with Crippen molar-refractivity contribution in [3.05, 3.63) is 59.9 Å². The van der Waals surface area contributed by atoms with Crippen LogP contribution >= 0.6 is 0 Å². The van der Waals surface area contributed by atoms with E-state index >= 15 is 0 Å². The first-order chi connectivity index (χ1) is 13.8. The Bertz CT molecular complexity index is 824. The number of nitrogens with zero attached hydrogens (tertiary/aromatic N) is 1. The summed E-state index contributed by atoms with van der Waals surface area (Å²) in [5.74, 6) is -0.555. The third-order valence-corrected chi connectivity index (χ3v) is 4.30. The summed E-state index contributed by atoms with van der Waals surface area (Å²) in [4.78, 5) is 26.8. The van der Waals surface area contributed by atoms with Crippen LogP contribution in [-0.2, 0) is 16.1 Å². The van der Waals surface area contributed by atoms with Gasteiger partial charge >= 0.3 is 0 Å². The number of hydrogen-bond donors (Lipinski definition) is 1. The van der Waals surface area contributed by atoms with Crippen LogP contribution < -0.4 is 14.8 Å². The molecule has 2 amide bonds. The summed E-state index contributed by atoms with van der Waals surface area (Å²) in [5.41, 5.74) is 0.828. The van der Waals surface area contributed by atoms with Crippen LogP contribution in [0.5, 0.6) is 11.5 Å². The van der Waals surface area contributed by atoms with Crippen molar-refractivity contribution >= 4 is 11.8 Å². The molecule has 7 heteroatoms. The van der Waals surface area contributed by atoms with Gasteiger partial charge in [-0.3, -0.25) is 9.59 Å². The lowest BCUT2D eigenvalue weighted by Gasteiger charge is -2.29. The average Bonchev–Trinajstić information content (AvgIpc) is 2.70. The first-order valence-electron chi connectivity index (χ1n) is 9.42. The standard InChI is InChI=1S/C22H27FN2O4/c1-15(2)24-22(27)16(3)25(13-17-9-11-18(28-4)12-10-17)21(26)14-29-20-8-6-5-7-19(20)23/h5-12,15-16H,13-14H2,1-4H3,(H,24,27). The quantitative estimate of drug-likeness (QED) is 0.700. The zero-order valence-electron chi connectivity index (χ0n) is 17.1. The predicted molar refractivity (Wildman–Crippen MR) is 108 cm³/mol. The van der Waals surface area contributed by atoms with Crippen LogP contribution in [0.1, 0.15) is 26.3 Å². The molecule has 2 rings (SSSR count). The summed E-state index contributed by atoms with van der Waals surface area (Å²) in [6, 6.07) is 12.3. The number of nitrogens with one attached hydrogen (secondary N) is 1. The number of ether oxygens (including phenoxy) is 2. The molecule has 0 aromatic heterocycles.